The van der Waals surface area contributed by atoms with Crippen molar-refractivity contribution in [2.45, 2.75) is 17.6 Å². The van der Waals surface area contributed by atoms with E-state index in [0.29, 0.717) is 23.0 Å². The van der Waals surface area contributed by atoms with E-state index in [1.807, 2.05) is 35.0 Å². The molecule has 32 heavy (non-hydrogen) atoms. The first-order chi connectivity index (χ1) is 15.6. The molecule has 0 aliphatic carbocycles. The van der Waals surface area contributed by atoms with Crippen LogP contribution in [0.15, 0.2) is 69.5 Å². The zero-order chi connectivity index (χ0) is 22.1. The highest BCUT2D eigenvalue weighted by Gasteiger charge is 2.34. The van der Waals surface area contributed by atoms with Crippen molar-refractivity contribution in [3.05, 3.63) is 74.9 Å². The number of carbonyl (C=O) groups excluding carboxylic acids is 1. The summed E-state index contributed by atoms with van der Waals surface area (Å²) in [6.45, 7) is 0. The zero-order valence-electron chi connectivity index (χ0n) is 17.0. The molecule has 4 heterocycles. The van der Waals surface area contributed by atoms with Crippen LogP contribution in [0.25, 0.3) is 11.4 Å². The van der Waals surface area contributed by atoms with E-state index in [9.17, 15) is 9.18 Å². The lowest BCUT2D eigenvalue weighted by Crippen LogP contribution is -2.28. The quantitative estimate of drug-likeness (QED) is 0.353. The van der Waals surface area contributed by atoms with Gasteiger partial charge in [-0.15, -0.1) is 32.9 Å². The van der Waals surface area contributed by atoms with Gasteiger partial charge < -0.3 is 4.57 Å². The lowest BCUT2D eigenvalue weighted by molar-refractivity contribution is -0.130. The summed E-state index contributed by atoms with van der Waals surface area (Å²) in [4.78, 5) is 15.4. The highest BCUT2D eigenvalue weighted by molar-refractivity contribution is 7.99. The second kappa shape index (κ2) is 8.97. The van der Waals surface area contributed by atoms with Crippen molar-refractivity contribution in [3.8, 4) is 11.4 Å². The Balaban J connectivity index is 1.34. The summed E-state index contributed by atoms with van der Waals surface area (Å²) in [5.74, 6) is 0.123. The molecule has 0 bridgehead atoms. The molecular formula is C22H18FN5OS3. The molecule has 0 radical (unpaired) electrons. The Labute approximate surface area is 196 Å². The SMILES string of the molecule is Cn1c(SCC(=O)N2N=C(c3cccs3)CC2c2cccs2)nnc1-c1ccccc1F. The number of benzene rings is 1. The van der Waals surface area contributed by atoms with Gasteiger partial charge in [0.1, 0.15) is 5.82 Å². The van der Waals surface area contributed by atoms with Crippen LogP contribution in [-0.2, 0) is 11.8 Å². The number of hydrazone groups is 1. The lowest BCUT2D eigenvalue weighted by Gasteiger charge is -2.20. The average Bonchev–Trinajstić information content (AvgIpc) is 3.59. The van der Waals surface area contributed by atoms with Gasteiger partial charge in [0.25, 0.3) is 5.91 Å². The molecule has 0 saturated carbocycles. The summed E-state index contributed by atoms with van der Waals surface area (Å²) in [5, 5.41) is 19.1. The molecule has 162 valence electrons. The topological polar surface area (TPSA) is 63.4 Å². The third kappa shape index (κ3) is 4.01. The summed E-state index contributed by atoms with van der Waals surface area (Å²) in [7, 11) is 1.77. The fourth-order valence-electron chi connectivity index (χ4n) is 3.54. The van der Waals surface area contributed by atoms with Crippen LogP contribution in [0.5, 0.6) is 0 Å². The number of rotatable bonds is 6. The van der Waals surface area contributed by atoms with E-state index in [0.717, 1.165) is 15.5 Å². The van der Waals surface area contributed by atoms with E-state index in [1.165, 1.54) is 17.8 Å². The third-order valence-electron chi connectivity index (χ3n) is 5.12. The van der Waals surface area contributed by atoms with Gasteiger partial charge in [0.2, 0.25) is 0 Å². The molecule has 0 saturated heterocycles. The fraction of sp³-hybridized carbons (Fsp3) is 0.182. The minimum atomic E-state index is -0.359. The van der Waals surface area contributed by atoms with Crippen molar-refractivity contribution in [1.82, 2.24) is 19.8 Å². The van der Waals surface area contributed by atoms with Crippen LogP contribution in [0.2, 0.25) is 0 Å². The molecule has 1 atom stereocenters. The molecule has 1 amide bonds. The minimum Gasteiger partial charge on any atom is -0.305 e. The number of nitrogens with zero attached hydrogens (tertiary/aromatic N) is 5. The van der Waals surface area contributed by atoms with Crippen LogP contribution in [0.4, 0.5) is 4.39 Å². The van der Waals surface area contributed by atoms with Gasteiger partial charge in [0, 0.05) is 18.3 Å². The van der Waals surface area contributed by atoms with Crippen LogP contribution >= 0.6 is 34.4 Å². The number of hydrogen-bond acceptors (Lipinski definition) is 7. The molecule has 3 aromatic heterocycles. The van der Waals surface area contributed by atoms with E-state index in [1.54, 1.807) is 57.5 Å². The number of amides is 1. The molecule has 4 aromatic rings. The Morgan fingerprint density at radius 1 is 1.12 bits per heavy atom. The second-order valence-corrected chi connectivity index (χ2v) is 10.0. The van der Waals surface area contributed by atoms with E-state index in [-0.39, 0.29) is 23.5 Å². The minimum absolute atomic E-state index is 0.101. The first kappa shape index (κ1) is 21.0. The monoisotopic (exact) mass is 483 g/mol. The molecule has 10 heteroatoms. The molecular weight excluding hydrogens is 465 g/mol. The average molecular weight is 484 g/mol. The van der Waals surface area contributed by atoms with Gasteiger partial charge in [-0.2, -0.15) is 5.10 Å². The molecule has 6 nitrogen and oxygen atoms in total. The van der Waals surface area contributed by atoms with Crippen LogP contribution in [0, 0.1) is 5.82 Å². The van der Waals surface area contributed by atoms with Crippen LogP contribution < -0.4 is 0 Å². The summed E-state index contributed by atoms with van der Waals surface area (Å²) in [5.41, 5.74) is 1.31. The van der Waals surface area contributed by atoms with Gasteiger partial charge in [-0.05, 0) is 35.0 Å². The van der Waals surface area contributed by atoms with Crippen LogP contribution in [-0.4, -0.2) is 37.1 Å². The maximum absolute atomic E-state index is 14.2. The molecule has 0 spiro atoms. The number of carbonyl (C=O) groups is 1. The van der Waals surface area contributed by atoms with Crippen molar-refractivity contribution in [1.29, 1.82) is 0 Å². The number of aromatic nitrogens is 3. The number of thiophene rings is 2. The standard InChI is InChI=1S/C22H18FN5OS3/c1-27-21(14-6-2-3-7-15(14)23)24-25-22(27)32-13-20(29)28-17(19-9-5-11-31-19)12-16(26-28)18-8-4-10-30-18/h2-11,17H,12-13H2,1H3. The van der Waals surface area contributed by atoms with E-state index in [4.69, 9.17) is 0 Å². The van der Waals surface area contributed by atoms with Gasteiger partial charge in [-0.3, -0.25) is 4.79 Å². The third-order valence-corrected chi connectivity index (χ3v) is 8.01. The summed E-state index contributed by atoms with van der Waals surface area (Å²) in [6, 6.07) is 14.4. The Kier molecular flexibility index (Phi) is 5.90. The van der Waals surface area contributed by atoms with Gasteiger partial charge in [-0.25, -0.2) is 9.40 Å². The first-order valence-electron chi connectivity index (χ1n) is 9.85. The lowest BCUT2D eigenvalue weighted by atomic mass is 10.1. The Bertz CT molecular complexity index is 1270. The van der Waals surface area contributed by atoms with E-state index in [2.05, 4.69) is 15.3 Å². The molecule has 1 unspecified atom stereocenters. The summed E-state index contributed by atoms with van der Waals surface area (Å²) in [6.07, 6.45) is 0.693. The zero-order valence-corrected chi connectivity index (χ0v) is 19.5. The number of hydrogen-bond donors (Lipinski definition) is 0. The maximum Gasteiger partial charge on any atom is 0.253 e. The molecule has 1 aliphatic rings. The van der Waals surface area contributed by atoms with Gasteiger partial charge in [-0.1, -0.05) is 36.0 Å². The molecule has 5 rings (SSSR count). The van der Waals surface area contributed by atoms with E-state index >= 15 is 0 Å². The van der Waals surface area contributed by atoms with Gasteiger partial charge >= 0.3 is 0 Å². The first-order valence-corrected chi connectivity index (χ1v) is 12.6. The smallest absolute Gasteiger partial charge is 0.253 e. The second-order valence-electron chi connectivity index (χ2n) is 7.13. The Hall–Kier alpha value is -2.82. The highest BCUT2D eigenvalue weighted by Crippen LogP contribution is 2.36. The fourth-order valence-corrected chi connectivity index (χ4v) is 5.84. The van der Waals surface area contributed by atoms with E-state index < -0.39 is 0 Å². The Morgan fingerprint density at radius 3 is 2.69 bits per heavy atom. The molecule has 1 aliphatic heterocycles. The highest BCUT2D eigenvalue weighted by atomic mass is 32.2. The molecule has 0 fully saturated rings. The van der Waals surface area contributed by atoms with Crippen molar-refractivity contribution in [3.63, 3.8) is 0 Å². The van der Waals surface area contributed by atoms with Gasteiger partial charge in [0.05, 0.1) is 27.9 Å². The Morgan fingerprint density at radius 2 is 1.94 bits per heavy atom. The largest absolute Gasteiger partial charge is 0.305 e. The number of thioether (sulfide) groups is 1. The van der Waals surface area contributed by atoms with Crippen LogP contribution in [0.3, 0.4) is 0 Å². The molecule has 1 aromatic carbocycles. The molecule has 0 N–H and O–H groups in total. The predicted octanol–water partition coefficient (Wildman–Crippen LogP) is 5.21. The van der Waals surface area contributed by atoms with Crippen molar-refractivity contribution in [2.75, 3.05) is 5.75 Å². The van der Waals surface area contributed by atoms with Crippen molar-refractivity contribution < 1.29 is 9.18 Å². The maximum atomic E-state index is 14.2. The van der Waals surface area contributed by atoms with Crippen molar-refractivity contribution >= 4 is 46.1 Å². The summed E-state index contributed by atoms with van der Waals surface area (Å²) >= 11 is 4.53. The number of halogens is 1. The van der Waals surface area contributed by atoms with Gasteiger partial charge in [0.15, 0.2) is 11.0 Å². The van der Waals surface area contributed by atoms with Crippen LogP contribution in [0.1, 0.15) is 22.2 Å². The van der Waals surface area contributed by atoms with Crippen molar-refractivity contribution in [2.24, 2.45) is 12.1 Å². The summed E-state index contributed by atoms with van der Waals surface area (Å²) < 4.78 is 15.9. The predicted molar refractivity (Wildman–Crippen MR) is 127 cm³/mol. The normalized spacial score (nSPS) is 15.9.